The molecule has 3 aliphatic rings. The third-order valence-electron chi connectivity index (χ3n) is 7.51. The van der Waals surface area contributed by atoms with Crippen LogP contribution in [0.1, 0.15) is 12.8 Å². The van der Waals surface area contributed by atoms with Crippen molar-refractivity contribution in [2.75, 3.05) is 71.7 Å². The molecule has 2 saturated heterocycles. The highest BCUT2D eigenvalue weighted by Gasteiger charge is 2.24. The summed E-state index contributed by atoms with van der Waals surface area (Å²) in [6, 6.07) is 7.43. The lowest BCUT2D eigenvalue weighted by molar-refractivity contribution is -0.134. The minimum Gasteiger partial charge on any atom is -0.492 e. The molecule has 3 aromatic rings. The van der Waals surface area contributed by atoms with Crippen LogP contribution in [0.4, 0.5) is 11.5 Å². The van der Waals surface area contributed by atoms with Gasteiger partial charge >= 0.3 is 11.9 Å². The van der Waals surface area contributed by atoms with Gasteiger partial charge in [0.05, 0.1) is 29.1 Å². The van der Waals surface area contributed by atoms with E-state index in [0.717, 1.165) is 51.0 Å². The van der Waals surface area contributed by atoms with E-state index in [1.165, 1.54) is 6.33 Å². The van der Waals surface area contributed by atoms with E-state index in [4.69, 9.17) is 45.5 Å². The van der Waals surface area contributed by atoms with E-state index in [1.807, 2.05) is 12.1 Å². The Labute approximate surface area is 294 Å². The molecule has 3 N–H and O–H groups in total. The van der Waals surface area contributed by atoms with Crippen LogP contribution in [-0.2, 0) is 14.3 Å². The number of carboxylic acids is 2. The first-order chi connectivity index (χ1) is 22.3. The molecule has 2 fully saturated rings. The molecular formula is C31H38Cl3N5O9. The average molecular weight is 731 g/mol. The molecule has 0 bridgehead atoms. The predicted octanol–water partition coefficient (Wildman–Crippen LogP) is 4.49. The Morgan fingerprint density at radius 3 is 2.44 bits per heavy atom. The molecule has 3 aliphatic heterocycles. The number of nitrogens with zero attached hydrogens (tertiary/aromatic N) is 4. The van der Waals surface area contributed by atoms with Gasteiger partial charge in [-0.15, -0.1) is 24.8 Å². The first-order valence-electron chi connectivity index (χ1n) is 14.8. The summed E-state index contributed by atoms with van der Waals surface area (Å²) in [5.74, 6) is 0.610. The summed E-state index contributed by atoms with van der Waals surface area (Å²) in [7, 11) is 2.16. The molecule has 0 amide bonds. The number of aromatic nitrogens is 2. The maximum Gasteiger partial charge on any atom is 0.328 e. The number of halogens is 3. The van der Waals surface area contributed by atoms with Crippen LogP contribution < -0.4 is 24.3 Å². The molecule has 0 radical (unpaired) electrons. The number of piperazine rings is 1. The quantitative estimate of drug-likeness (QED) is 0.250. The van der Waals surface area contributed by atoms with Gasteiger partial charge in [-0.05, 0) is 19.2 Å². The van der Waals surface area contributed by atoms with Crippen LogP contribution >= 0.6 is 36.4 Å². The monoisotopic (exact) mass is 729 g/mol. The van der Waals surface area contributed by atoms with E-state index >= 15 is 0 Å². The summed E-state index contributed by atoms with van der Waals surface area (Å²) < 4.78 is 29.5. The molecule has 0 unspecified atom stereocenters. The highest BCUT2D eigenvalue weighted by Crippen LogP contribution is 2.46. The zero-order chi connectivity index (χ0) is 32.5. The summed E-state index contributed by atoms with van der Waals surface area (Å²) in [6.07, 6.45) is 4.29. The number of fused-ring (bicyclic) bond motifs is 2. The molecular weight excluding hydrogens is 693 g/mol. The second-order valence-electron chi connectivity index (χ2n) is 10.8. The van der Waals surface area contributed by atoms with Crippen molar-refractivity contribution in [2.45, 2.75) is 18.9 Å². The molecule has 6 rings (SSSR count). The van der Waals surface area contributed by atoms with E-state index < -0.39 is 11.9 Å². The number of carbonyl (C=O) groups is 2. The van der Waals surface area contributed by atoms with Crippen LogP contribution in [0.15, 0.2) is 42.7 Å². The van der Waals surface area contributed by atoms with Crippen LogP contribution in [0.25, 0.3) is 10.9 Å². The Bertz CT molecular complexity index is 1550. The van der Waals surface area contributed by atoms with Gasteiger partial charge in [0, 0.05) is 69.9 Å². The van der Waals surface area contributed by atoms with E-state index in [9.17, 15) is 9.59 Å². The van der Waals surface area contributed by atoms with Gasteiger partial charge in [-0.25, -0.2) is 19.6 Å². The number of likely N-dealkylation sites (N-methyl/N-ethyl adjacent to an activating group) is 1. The lowest BCUT2D eigenvalue weighted by atomic mass is 10.1. The number of carboxylic acid groups (broad SMARTS) is 2. The minimum atomic E-state index is -1.26. The topological polar surface area (TPSA) is 165 Å². The summed E-state index contributed by atoms with van der Waals surface area (Å²) in [6.45, 7) is 7.22. The van der Waals surface area contributed by atoms with E-state index in [1.54, 1.807) is 12.1 Å². The molecule has 0 saturated carbocycles. The highest BCUT2D eigenvalue weighted by atomic mass is 35.5. The van der Waals surface area contributed by atoms with Crippen molar-refractivity contribution >= 4 is 70.8 Å². The molecule has 17 heteroatoms. The molecule has 14 nitrogen and oxygen atoms in total. The van der Waals surface area contributed by atoms with Gasteiger partial charge in [0.2, 0.25) is 6.79 Å². The molecule has 0 spiro atoms. The van der Waals surface area contributed by atoms with E-state index in [0.29, 0.717) is 77.0 Å². The van der Waals surface area contributed by atoms with E-state index in [2.05, 4.69) is 32.1 Å². The van der Waals surface area contributed by atoms with Crippen LogP contribution in [-0.4, -0.2) is 114 Å². The van der Waals surface area contributed by atoms with Gasteiger partial charge < -0.3 is 44.1 Å². The summed E-state index contributed by atoms with van der Waals surface area (Å²) in [4.78, 5) is 33.0. The minimum absolute atomic E-state index is 0. The molecule has 262 valence electrons. The van der Waals surface area contributed by atoms with Crippen molar-refractivity contribution in [2.24, 2.45) is 0 Å². The van der Waals surface area contributed by atoms with Crippen LogP contribution in [0.3, 0.4) is 0 Å². The van der Waals surface area contributed by atoms with Gasteiger partial charge in [0.1, 0.15) is 42.0 Å². The summed E-state index contributed by atoms with van der Waals surface area (Å²) in [5, 5.41) is 20.2. The van der Waals surface area contributed by atoms with Crippen molar-refractivity contribution in [1.29, 1.82) is 0 Å². The third kappa shape index (κ3) is 10.6. The number of hydrogen-bond donors (Lipinski definition) is 3. The number of aliphatic carboxylic acids is 2. The van der Waals surface area contributed by atoms with Gasteiger partial charge in [-0.2, -0.15) is 0 Å². The standard InChI is InChI=1S/C27H32ClN5O5.C4H4O4.2ClH/c1-32-6-8-33(9-7-32)10-13-35-19-14-21-24(23(15-19)38-18-4-11-34-12-5-18)27(30-16-29-21)31-25-20(28)2-3-22-26(25)37-17-36-22;5-3(6)1-2-4(7)8;;/h2-3,14-16,18H,4-13,17H2,1H3,(H,29,30,31);1-2H,(H,5,6)(H,7,8);2*1H/b;2-1+;;. The Morgan fingerprint density at radius 1 is 1.04 bits per heavy atom. The maximum absolute atomic E-state index is 9.55. The van der Waals surface area contributed by atoms with Crippen molar-refractivity contribution < 1.29 is 43.5 Å². The Kier molecular flexibility index (Phi) is 15.0. The Hall–Kier alpha value is -3.79. The Morgan fingerprint density at radius 2 is 1.75 bits per heavy atom. The fourth-order valence-electron chi connectivity index (χ4n) is 5.06. The summed E-state index contributed by atoms with van der Waals surface area (Å²) in [5.41, 5.74) is 1.30. The number of anilines is 2. The third-order valence-corrected chi connectivity index (χ3v) is 7.82. The molecule has 4 heterocycles. The lowest BCUT2D eigenvalue weighted by Crippen LogP contribution is -2.45. The van der Waals surface area contributed by atoms with E-state index in [-0.39, 0.29) is 37.7 Å². The van der Waals surface area contributed by atoms with Gasteiger partial charge in [-0.3, -0.25) is 4.90 Å². The first-order valence-corrected chi connectivity index (χ1v) is 15.2. The second kappa shape index (κ2) is 18.7. The van der Waals surface area contributed by atoms with Crippen molar-refractivity contribution in [3.8, 4) is 23.0 Å². The normalized spacial score (nSPS) is 16.3. The fourth-order valence-corrected chi connectivity index (χ4v) is 5.26. The zero-order valence-electron chi connectivity index (χ0n) is 26.1. The van der Waals surface area contributed by atoms with Gasteiger partial charge in [0.15, 0.2) is 11.5 Å². The zero-order valence-corrected chi connectivity index (χ0v) is 28.5. The summed E-state index contributed by atoms with van der Waals surface area (Å²) >= 11 is 6.55. The SMILES string of the molecule is CN1CCN(CCOc2cc(OC3CCOCC3)c3c(Nc4c(Cl)ccc5c4OCO5)ncnc3c2)CC1.Cl.Cl.O=C(O)/C=C/C(=O)O. The number of benzene rings is 2. The van der Waals surface area contributed by atoms with Crippen LogP contribution in [0.2, 0.25) is 5.02 Å². The maximum atomic E-state index is 9.55. The van der Waals surface area contributed by atoms with Gasteiger partial charge in [-0.1, -0.05) is 11.6 Å². The van der Waals surface area contributed by atoms with Crippen molar-refractivity contribution in [3.63, 3.8) is 0 Å². The highest BCUT2D eigenvalue weighted by molar-refractivity contribution is 6.34. The fraction of sp³-hybridized carbons (Fsp3) is 0.419. The molecule has 48 heavy (non-hydrogen) atoms. The Balaban J connectivity index is 0.000000559. The van der Waals surface area contributed by atoms with Crippen molar-refractivity contribution in [3.05, 3.63) is 47.8 Å². The largest absolute Gasteiger partial charge is 0.492 e. The van der Waals surface area contributed by atoms with Gasteiger partial charge in [0.25, 0.3) is 0 Å². The number of rotatable bonds is 10. The second-order valence-corrected chi connectivity index (χ2v) is 11.2. The molecule has 1 aromatic heterocycles. The molecule has 2 aromatic carbocycles. The number of nitrogens with one attached hydrogen (secondary N) is 1. The smallest absolute Gasteiger partial charge is 0.328 e. The number of ether oxygens (including phenoxy) is 5. The van der Waals surface area contributed by atoms with Crippen molar-refractivity contribution in [1.82, 2.24) is 19.8 Å². The molecule has 0 aliphatic carbocycles. The van der Waals surface area contributed by atoms with Crippen LogP contribution in [0.5, 0.6) is 23.0 Å². The molecule has 0 atom stereocenters. The van der Waals surface area contributed by atoms with Crippen LogP contribution in [0, 0.1) is 0 Å². The predicted molar refractivity (Wildman–Crippen MR) is 183 cm³/mol. The number of hydrogen-bond acceptors (Lipinski definition) is 12. The average Bonchev–Trinajstić information content (AvgIpc) is 3.52. The lowest BCUT2D eigenvalue weighted by Gasteiger charge is -2.32. The first kappa shape index (κ1) is 38.7.